The van der Waals surface area contributed by atoms with E-state index >= 15 is 0 Å². The van der Waals surface area contributed by atoms with Gasteiger partial charge in [0, 0.05) is 26.1 Å². The highest BCUT2D eigenvalue weighted by Crippen LogP contribution is 2.22. The van der Waals surface area contributed by atoms with Crippen molar-refractivity contribution in [2.24, 2.45) is 12.8 Å². The molecule has 1 amide bonds. The fourth-order valence-electron chi connectivity index (χ4n) is 1.94. The van der Waals surface area contributed by atoms with Crippen LogP contribution in [0.5, 0.6) is 0 Å². The van der Waals surface area contributed by atoms with Crippen molar-refractivity contribution in [3.8, 4) is 0 Å². The van der Waals surface area contributed by atoms with Crippen LogP contribution in [0.15, 0.2) is 6.33 Å². The lowest BCUT2D eigenvalue weighted by atomic mass is 10.3. The molecular formula is C9H15N5O. The maximum Gasteiger partial charge on any atom is 0.224 e. The fourth-order valence-corrected chi connectivity index (χ4v) is 1.94. The van der Waals surface area contributed by atoms with Crippen LogP contribution in [0.25, 0.3) is 0 Å². The van der Waals surface area contributed by atoms with E-state index in [-0.39, 0.29) is 18.0 Å². The molecule has 2 heterocycles. The molecule has 0 saturated carbocycles. The molecule has 6 heteroatoms. The maximum absolute atomic E-state index is 11.6. The van der Waals surface area contributed by atoms with Crippen LogP contribution in [0.3, 0.4) is 0 Å². The summed E-state index contributed by atoms with van der Waals surface area (Å²) >= 11 is 0. The molecule has 2 unspecified atom stereocenters. The van der Waals surface area contributed by atoms with Crippen molar-refractivity contribution < 1.29 is 4.79 Å². The molecule has 0 spiro atoms. The smallest absolute Gasteiger partial charge is 0.224 e. The normalized spacial score (nSPS) is 23.5. The second kappa shape index (κ2) is 3.62. The van der Waals surface area contributed by atoms with Gasteiger partial charge in [-0.3, -0.25) is 4.79 Å². The zero-order chi connectivity index (χ0) is 11.0. The third kappa shape index (κ3) is 1.72. The lowest BCUT2D eigenvalue weighted by Gasteiger charge is -2.23. The highest BCUT2D eigenvalue weighted by Gasteiger charge is 2.32. The van der Waals surface area contributed by atoms with Crippen molar-refractivity contribution >= 4 is 5.91 Å². The molecule has 1 saturated heterocycles. The van der Waals surface area contributed by atoms with E-state index in [1.165, 1.54) is 0 Å². The molecule has 1 fully saturated rings. The molecule has 6 nitrogen and oxygen atoms in total. The predicted octanol–water partition coefficient (Wildman–Crippen LogP) is -0.564. The standard InChI is InChI=1S/C9H15N5O/c1-6(9-12-11-5-13(9)2)14-4-7(10)3-8(14)15/h5-7H,3-4,10H2,1-2H3. The van der Waals surface area contributed by atoms with Gasteiger partial charge in [0.1, 0.15) is 6.33 Å². The highest BCUT2D eigenvalue weighted by molar-refractivity contribution is 5.79. The number of nitrogens with zero attached hydrogens (tertiary/aromatic N) is 4. The van der Waals surface area contributed by atoms with Crippen molar-refractivity contribution in [3.05, 3.63) is 12.2 Å². The summed E-state index contributed by atoms with van der Waals surface area (Å²) in [5.74, 6) is 0.885. The number of likely N-dealkylation sites (tertiary alicyclic amines) is 1. The molecule has 1 aromatic heterocycles. The van der Waals surface area contributed by atoms with Gasteiger partial charge >= 0.3 is 0 Å². The first-order valence-electron chi connectivity index (χ1n) is 4.98. The number of hydrogen-bond acceptors (Lipinski definition) is 4. The number of hydrogen-bond donors (Lipinski definition) is 1. The fraction of sp³-hybridized carbons (Fsp3) is 0.667. The van der Waals surface area contributed by atoms with E-state index in [4.69, 9.17) is 5.73 Å². The summed E-state index contributed by atoms with van der Waals surface area (Å²) in [4.78, 5) is 13.4. The van der Waals surface area contributed by atoms with Crippen LogP contribution in [0.4, 0.5) is 0 Å². The van der Waals surface area contributed by atoms with Crippen LogP contribution in [0.1, 0.15) is 25.2 Å². The number of aryl methyl sites for hydroxylation is 1. The van der Waals surface area contributed by atoms with E-state index in [9.17, 15) is 4.79 Å². The van der Waals surface area contributed by atoms with Crippen LogP contribution in [-0.4, -0.2) is 38.2 Å². The molecule has 15 heavy (non-hydrogen) atoms. The van der Waals surface area contributed by atoms with Gasteiger partial charge < -0.3 is 15.2 Å². The number of nitrogens with two attached hydrogens (primary N) is 1. The van der Waals surface area contributed by atoms with Gasteiger partial charge in [-0.1, -0.05) is 0 Å². The van der Waals surface area contributed by atoms with E-state index in [1.54, 1.807) is 11.2 Å². The lowest BCUT2D eigenvalue weighted by Crippen LogP contribution is -2.32. The molecule has 82 valence electrons. The molecule has 0 aromatic carbocycles. The minimum absolute atomic E-state index is 0.0480. The topological polar surface area (TPSA) is 77.0 Å². The molecule has 0 aliphatic carbocycles. The van der Waals surface area contributed by atoms with Gasteiger partial charge in [-0.15, -0.1) is 10.2 Å². The molecule has 1 aliphatic rings. The van der Waals surface area contributed by atoms with Crippen LogP contribution in [0, 0.1) is 0 Å². The summed E-state index contributed by atoms with van der Waals surface area (Å²) in [5.41, 5.74) is 5.74. The lowest BCUT2D eigenvalue weighted by molar-refractivity contribution is -0.129. The summed E-state index contributed by atoms with van der Waals surface area (Å²) in [6, 6.07) is -0.105. The molecule has 2 N–H and O–H groups in total. The maximum atomic E-state index is 11.6. The Labute approximate surface area is 88.1 Å². The Morgan fingerprint density at radius 1 is 1.67 bits per heavy atom. The first kappa shape index (κ1) is 10.1. The first-order valence-corrected chi connectivity index (χ1v) is 4.98. The summed E-state index contributed by atoms with van der Waals surface area (Å²) in [7, 11) is 1.87. The minimum Gasteiger partial charge on any atom is -0.331 e. The molecule has 2 atom stereocenters. The van der Waals surface area contributed by atoms with Crippen LogP contribution in [-0.2, 0) is 11.8 Å². The van der Waals surface area contributed by atoms with Crippen molar-refractivity contribution in [1.82, 2.24) is 19.7 Å². The van der Waals surface area contributed by atoms with Crippen LogP contribution >= 0.6 is 0 Å². The van der Waals surface area contributed by atoms with E-state index in [1.807, 2.05) is 18.5 Å². The zero-order valence-corrected chi connectivity index (χ0v) is 8.92. The van der Waals surface area contributed by atoms with E-state index < -0.39 is 0 Å². The van der Waals surface area contributed by atoms with Crippen molar-refractivity contribution in [3.63, 3.8) is 0 Å². The van der Waals surface area contributed by atoms with Crippen molar-refractivity contribution in [1.29, 1.82) is 0 Å². The summed E-state index contributed by atoms with van der Waals surface area (Å²) < 4.78 is 1.82. The predicted molar refractivity (Wildman–Crippen MR) is 53.7 cm³/mol. The van der Waals surface area contributed by atoms with E-state index in [0.29, 0.717) is 13.0 Å². The Morgan fingerprint density at radius 3 is 2.87 bits per heavy atom. The molecule has 1 aliphatic heterocycles. The summed E-state index contributed by atoms with van der Waals surface area (Å²) in [5, 5.41) is 7.80. The second-order valence-electron chi connectivity index (χ2n) is 3.99. The number of carbonyl (C=O) groups excluding carboxylic acids is 1. The Bertz CT molecular complexity index is 374. The molecule has 0 radical (unpaired) electrons. The summed E-state index contributed by atoms with van der Waals surface area (Å²) in [6.07, 6.45) is 2.06. The second-order valence-corrected chi connectivity index (χ2v) is 3.99. The molecule has 0 bridgehead atoms. The third-order valence-corrected chi connectivity index (χ3v) is 2.78. The average molecular weight is 209 g/mol. The highest BCUT2D eigenvalue weighted by atomic mass is 16.2. The van der Waals surface area contributed by atoms with Gasteiger partial charge in [-0.05, 0) is 6.92 Å². The largest absolute Gasteiger partial charge is 0.331 e. The third-order valence-electron chi connectivity index (χ3n) is 2.78. The molecule has 2 rings (SSSR count). The van der Waals surface area contributed by atoms with Crippen molar-refractivity contribution in [2.45, 2.75) is 25.4 Å². The molecule has 1 aromatic rings. The quantitative estimate of drug-likeness (QED) is 0.708. The van der Waals surface area contributed by atoms with Gasteiger partial charge in [-0.2, -0.15) is 0 Å². The number of amides is 1. The van der Waals surface area contributed by atoms with Gasteiger partial charge in [0.2, 0.25) is 5.91 Å². The van der Waals surface area contributed by atoms with Crippen molar-refractivity contribution in [2.75, 3.05) is 6.54 Å². The minimum atomic E-state index is -0.0569. The van der Waals surface area contributed by atoms with Gasteiger partial charge in [0.15, 0.2) is 5.82 Å². The van der Waals surface area contributed by atoms with E-state index in [2.05, 4.69) is 10.2 Å². The average Bonchev–Trinajstić information content (AvgIpc) is 2.71. The Hall–Kier alpha value is -1.43. The van der Waals surface area contributed by atoms with Gasteiger partial charge in [0.05, 0.1) is 6.04 Å². The van der Waals surface area contributed by atoms with E-state index in [0.717, 1.165) is 5.82 Å². The Kier molecular flexibility index (Phi) is 2.44. The van der Waals surface area contributed by atoms with Gasteiger partial charge in [0.25, 0.3) is 0 Å². The van der Waals surface area contributed by atoms with Crippen LogP contribution < -0.4 is 5.73 Å². The Balaban J connectivity index is 2.18. The Morgan fingerprint density at radius 2 is 2.40 bits per heavy atom. The number of carbonyl (C=O) groups is 1. The first-order chi connectivity index (χ1) is 7.09. The van der Waals surface area contributed by atoms with Crippen LogP contribution in [0.2, 0.25) is 0 Å². The number of aromatic nitrogens is 3. The monoisotopic (exact) mass is 209 g/mol. The SMILES string of the molecule is CC(c1nncn1C)N1CC(N)CC1=O. The molecular weight excluding hydrogens is 194 g/mol. The zero-order valence-electron chi connectivity index (χ0n) is 8.92. The van der Waals surface area contributed by atoms with Gasteiger partial charge in [-0.25, -0.2) is 0 Å². The number of rotatable bonds is 2. The summed E-state index contributed by atoms with van der Waals surface area (Å²) in [6.45, 7) is 2.55.